The zero-order valence-corrected chi connectivity index (χ0v) is 14.3. The Morgan fingerprint density at radius 2 is 0.826 bits per heavy atom. The molecule has 0 radical (unpaired) electrons. The molecule has 8 heteroatoms. The van der Waals surface area contributed by atoms with Crippen molar-refractivity contribution in [3.8, 4) is 0 Å². The van der Waals surface area contributed by atoms with Crippen LogP contribution in [0.1, 0.15) is 13.8 Å². The van der Waals surface area contributed by atoms with Gasteiger partial charge in [-0.1, -0.05) is 0 Å². The fourth-order valence-corrected chi connectivity index (χ4v) is 1.36. The molecule has 0 aromatic heterocycles. The van der Waals surface area contributed by atoms with Gasteiger partial charge >= 0.3 is 6.16 Å². The van der Waals surface area contributed by atoms with Crippen LogP contribution in [0.2, 0.25) is 0 Å². The molecule has 8 nitrogen and oxygen atoms in total. The Labute approximate surface area is 138 Å². The van der Waals surface area contributed by atoms with Crippen LogP contribution in [0.25, 0.3) is 0 Å². The first-order valence-corrected chi connectivity index (χ1v) is 7.99. The van der Waals surface area contributed by atoms with E-state index in [1.165, 1.54) is 0 Å². The molecule has 0 saturated heterocycles. The molecule has 138 valence electrons. The normalized spacial score (nSPS) is 10.7. The molecular formula is C15H30O8. The molecule has 0 aromatic rings. The van der Waals surface area contributed by atoms with Crippen molar-refractivity contribution in [1.82, 2.24) is 0 Å². The summed E-state index contributed by atoms with van der Waals surface area (Å²) < 4.78 is 35.5. The van der Waals surface area contributed by atoms with Crippen LogP contribution in [0, 0.1) is 0 Å². The van der Waals surface area contributed by atoms with Crippen molar-refractivity contribution in [2.45, 2.75) is 13.8 Å². The van der Waals surface area contributed by atoms with Gasteiger partial charge in [0, 0.05) is 13.2 Å². The van der Waals surface area contributed by atoms with Gasteiger partial charge in [0.05, 0.1) is 52.9 Å². The topological polar surface area (TPSA) is 81.7 Å². The fourth-order valence-electron chi connectivity index (χ4n) is 1.36. The first kappa shape index (κ1) is 22.1. The van der Waals surface area contributed by atoms with Gasteiger partial charge in [-0.2, -0.15) is 0 Å². The number of carbonyl (C=O) groups is 1. The Balaban J connectivity index is 3.08. The highest BCUT2D eigenvalue weighted by molar-refractivity contribution is 5.59. The molecular weight excluding hydrogens is 308 g/mol. The molecule has 0 atom stereocenters. The molecule has 0 rings (SSSR count). The maximum atomic E-state index is 11.1. The first-order chi connectivity index (χ1) is 11.3. The molecule has 0 unspecified atom stereocenters. The fraction of sp³-hybridized carbons (Fsp3) is 0.933. The molecule has 0 aliphatic rings. The smallest absolute Gasteiger partial charge is 0.432 e. The number of hydrogen-bond acceptors (Lipinski definition) is 8. The molecule has 0 fully saturated rings. The van der Waals surface area contributed by atoms with Crippen molar-refractivity contribution in [2.24, 2.45) is 0 Å². The predicted molar refractivity (Wildman–Crippen MR) is 82.7 cm³/mol. The first-order valence-electron chi connectivity index (χ1n) is 7.99. The van der Waals surface area contributed by atoms with Crippen LogP contribution in [-0.2, 0) is 33.2 Å². The molecule has 23 heavy (non-hydrogen) atoms. The zero-order chi connectivity index (χ0) is 17.0. The predicted octanol–water partition coefficient (Wildman–Crippen LogP) is 1.26. The van der Waals surface area contributed by atoms with Crippen LogP contribution in [0.5, 0.6) is 0 Å². The molecule has 0 N–H and O–H groups in total. The molecule has 0 amide bonds. The number of hydrogen-bond donors (Lipinski definition) is 0. The highest BCUT2D eigenvalue weighted by Crippen LogP contribution is 1.88. The minimum atomic E-state index is -0.714. The zero-order valence-electron chi connectivity index (χ0n) is 14.3. The van der Waals surface area contributed by atoms with Gasteiger partial charge in [-0.3, -0.25) is 0 Å². The van der Waals surface area contributed by atoms with Crippen molar-refractivity contribution in [3.63, 3.8) is 0 Å². The summed E-state index contributed by atoms with van der Waals surface area (Å²) in [7, 11) is 0. The minimum absolute atomic E-state index is 0.147. The third-order valence-electron chi connectivity index (χ3n) is 2.42. The highest BCUT2D eigenvalue weighted by atomic mass is 16.7. The van der Waals surface area contributed by atoms with Gasteiger partial charge in [-0.05, 0) is 13.8 Å². The third-order valence-corrected chi connectivity index (χ3v) is 2.42. The van der Waals surface area contributed by atoms with Crippen LogP contribution >= 0.6 is 0 Å². The van der Waals surface area contributed by atoms with Crippen molar-refractivity contribution in [3.05, 3.63) is 0 Å². The summed E-state index contributed by atoms with van der Waals surface area (Å²) in [5, 5.41) is 0. The van der Waals surface area contributed by atoms with E-state index in [1.54, 1.807) is 0 Å². The van der Waals surface area contributed by atoms with E-state index in [9.17, 15) is 4.79 Å². The molecule has 0 bridgehead atoms. The van der Waals surface area contributed by atoms with Crippen molar-refractivity contribution in [2.75, 3.05) is 79.3 Å². The minimum Gasteiger partial charge on any atom is -0.432 e. The summed E-state index contributed by atoms with van der Waals surface area (Å²) in [5.41, 5.74) is 0. The summed E-state index contributed by atoms with van der Waals surface area (Å²) in [4.78, 5) is 11.1. The quantitative estimate of drug-likeness (QED) is 0.290. The van der Waals surface area contributed by atoms with E-state index in [4.69, 9.17) is 33.2 Å². The van der Waals surface area contributed by atoms with Gasteiger partial charge in [0.15, 0.2) is 0 Å². The molecule has 0 heterocycles. The number of ether oxygens (including phenoxy) is 7. The SMILES string of the molecule is CCOCCOCCOCCOCCOC(=O)OCCOCC. The van der Waals surface area contributed by atoms with E-state index in [2.05, 4.69) is 0 Å². The summed E-state index contributed by atoms with van der Waals surface area (Å²) in [6, 6.07) is 0. The second-order valence-electron chi connectivity index (χ2n) is 4.18. The maximum absolute atomic E-state index is 11.1. The number of rotatable bonds is 17. The van der Waals surface area contributed by atoms with Gasteiger partial charge in [-0.25, -0.2) is 4.79 Å². The van der Waals surface area contributed by atoms with Gasteiger partial charge in [0.1, 0.15) is 13.2 Å². The lowest BCUT2D eigenvalue weighted by Crippen LogP contribution is -2.16. The molecule has 0 spiro atoms. The standard InChI is InChI=1S/C15H30O8/c1-3-17-5-6-19-7-8-20-9-10-21-12-14-23-15(16)22-13-11-18-4-2/h3-14H2,1-2H3. The van der Waals surface area contributed by atoms with Gasteiger partial charge < -0.3 is 33.2 Å². The largest absolute Gasteiger partial charge is 0.508 e. The van der Waals surface area contributed by atoms with Gasteiger partial charge in [-0.15, -0.1) is 0 Å². The van der Waals surface area contributed by atoms with Crippen LogP contribution in [0.4, 0.5) is 4.79 Å². The highest BCUT2D eigenvalue weighted by Gasteiger charge is 2.02. The number of carbonyl (C=O) groups excluding carboxylic acids is 1. The van der Waals surface area contributed by atoms with E-state index < -0.39 is 6.16 Å². The van der Waals surface area contributed by atoms with Crippen molar-refractivity contribution < 1.29 is 38.0 Å². The second kappa shape index (κ2) is 19.1. The maximum Gasteiger partial charge on any atom is 0.508 e. The van der Waals surface area contributed by atoms with Crippen molar-refractivity contribution in [1.29, 1.82) is 0 Å². The van der Waals surface area contributed by atoms with Crippen molar-refractivity contribution >= 4 is 6.16 Å². The Bertz CT molecular complexity index is 250. The van der Waals surface area contributed by atoms with E-state index in [0.29, 0.717) is 66.1 Å². The van der Waals surface area contributed by atoms with Crippen LogP contribution in [0.15, 0.2) is 0 Å². The second-order valence-corrected chi connectivity index (χ2v) is 4.18. The summed E-state index contributed by atoms with van der Waals surface area (Å²) >= 11 is 0. The summed E-state index contributed by atoms with van der Waals surface area (Å²) in [6.07, 6.45) is -0.714. The molecule has 0 aromatic carbocycles. The van der Waals surface area contributed by atoms with E-state index >= 15 is 0 Å². The lowest BCUT2D eigenvalue weighted by molar-refractivity contribution is -0.0130. The monoisotopic (exact) mass is 338 g/mol. The van der Waals surface area contributed by atoms with Crippen LogP contribution in [-0.4, -0.2) is 85.4 Å². The Morgan fingerprint density at radius 3 is 1.22 bits per heavy atom. The van der Waals surface area contributed by atoms with Crippen LogP contribution in [0.3, 0.4) is 0 Å². The average molecular weight is 338 g/mol. The lowest BCUT2D eigenvalue weighted by atomic mass is 10.7. The Morgan fingerprint density at radius 1 is 0.522 bits per heavy atom. The van der Waals surface area contributed by atoms with Gasteiger partial charge in [0.25, 0.3) is 0 Å². The average Bonchev–Trinajstić information content (AvgIpc) is 2.56. The molecule has 0 saturated carbocycles. The summed E-state index contributed by atoms with van der Waals surface area (Å²) in [6.45, 7) is 9.23. The van der Waals surface area contributed by atoms with Crippen LogP contribution < -0.4 is 0 Å². The third kappa shape index (κ3) is 19.0. The van der Waals surface area contributed by atoms with E-state index in [0.717, 1.165) is 0 Å². The summed E-state index contributed by atoms with van der Waals surface area (Å²) in [5.74, 6) is 0. The van der Waals surface area contributed by atoms with Gasteiger partial charge in [0.2, 0.25) is 0 Å². The Kier molecular flexibility index (Phi) is 18.3. The van der Waals surface area contributed by atoms with E-state index in [-0.39, 0.29) is 13.2 Å². The molecule has 0 aliphatic carbocycles. The molecule has 0 aliphatic heterocycles. The van der Waals surface area contributed by atoms with E-state index in [1.807, 2.05) is 13.8 Å². The Hall–Kier alpha value is -0.930. The lowest BCUT2D eigenvalue weighted by Gasteiger charge is -2.08.